The van der Waals surface area contributed by atoms with Crippen LogP contribution in [0.2, 0.25) is 5.02 Å². The molecule has 0 unspecified atom stereocenters. The van der Waals surface area contributed by atoms with Crippen LogP contribution in [0, 0.1) is 0 Å². The molecule has 1 amide bonds. The van der Waals surface area contributed by atoms with Crippen molar-refractivity contribution in [2.75, 3.05) is 13.2 Å². The number of amides is 1. The van der Waals surface area contributed by atoms with Gasteiger partial charge >= 0.3 is 5.97 Å². The molecule has 3 N–H and O–H groups in total. The van der Waals surface area contributed by atoms with Gasteiger partial charge in [-0.2, -0.15) is 0 Å². The average molecular weight is 554 g/mol. The van der Waals surface area contributed by atoms with Crippen molar-refractivity contribution in [3.05, 3.63) is 94.5 Å². The van der Waals surface area contributed by atoms with Crippen LogP contribution in [0.15, 0.2) is 72.8 Å². The number of benzene rings is 3. The van der Waals surface area contributed by atoms with Gasteiger partial charge in [-0.15, -0.1) is 0 Å². The van der Waals surface area contributed by atoms with Crippen molar-refractivity contribution >= 4 is 23.5 Å². The molecule has 206 valence electrons. The fraction of sp³-hybridized carbons (Fsp3) is 0.333. The van der Waals surface area contributed by atoms with Gasteiger partial charge < -0.3 is 29.7 Å². The van der Waals surface area contributed by atoms with Crippen molar-refractivity contribution in [1.29, 1.82) is 0 Å². The lowest BCUT2D eigenvalue weighted by Gasteiger charge is -2.43. The summed E-state index contributed by atoms with van der Waals surface area (Å²) in [5.41, 5.74) is 1.75. The van der Waals surface area contributed by atoms with Crippen molar-refractivity contribution in [3.63, 3.8) is 0 Å². The SMILES string of the molecule is C[C@@]1(NC(=O)CCO)C[C@@H](c2cccc(Cl)c2)O[C@@H](c2cc(OCc3ccccc3)ccc2OCC(=O)O)C1. The van der Waals surface area contributed by atoms with Crippen LogP contribution in [0.5, 0.6) is 11.5 Å². The summed E-state index contributed by atoms with van der Waals surface area (Å²) < 4.78 is 18.3. The molecule has 1 heterocycles. The molecule has 4 rings (SSSR count). The average Bonchev–Trinajstić information content (AvgIpc) is 2.91. The van der Waals surface area contributed by atoms with E-state index in [-0.39, 0.29) is 18.9 Å². The van der Waals surface area contributed by atoms with E-state index in [1.165, 1.54) is 0 Å². The summed E-state index contributed by atoms with van der Waals surface area (Å²) in [4.78, 5) is 23.8. The molecule has 1 saturated heterocycles. The fourth-order valence-corrected chi connectivity index (χ4v) is 4.96. The number of carboxylic acids is 1. The van der Waals surface area contributed by atoms with Crippen molar-refractivity contribution in [3.8, 4) is 11.5 Å². The monoisotopic (exact) mass is 553 g/mol. The first-order valence-electron chi connectivity index (χ1n) is 12.7. The molecule has 0 spiro atoms. The predicted octanol–water partition coefficient (Wildman–Crippen LogP) is 5.23. The van der Waals surface area contributed by atoms with Gasteiger partial charge in [0.25, 0.3) is 0 Å². The Morgan fingerprint density at radius 2 is 1.79 bits per heavy atom. The van der Waals surface area contributed by atoms with E-state index in [1.54, 1.807) is 24.3 Å². The number of nitrogens with one attached hydrogen (secondary N) is 1. The van der Waals surface area contributed by atoms with Gasteiger partial charge in [-0.25, -0.2) is 4.79 Å². The van der Waals surface area contributed by atoms with Crippen LogP contribution in [-0.2, 0) is 20.9 Å². The highest BCUT2D eigenvalue weighted by Gasteiger charge is 2.41. The fourth-order valence-electron chi connectivity index (χ4n) is 4.77. The van der Waals surface area contributed by atoms with E-state index in [4.69, 9.17) is 25.8 Å². The Balaban J connectivity index is 1.68. The van der Waals surface area contributed by atoms with Crippen LogP contribution >= 0.6 is 11.6 Å². The summed E-state index contributed by atoms with van der Waals surface area (Å²) in [5, 5.41) is 22.1. The predicted molar refractivity (Wildman–Crippen MR) is 146 cm³/mol. The van der Waals surface area contributed by atoms with Crippen molar-refractivity contribution < 1.29 is 34.0 Å². The molecule has 0 aliphatic carbocycles. The largest absolute Gasteiger partial charge is 0.489 e. The maximum Gasteiger partial charge on any atom is 0.341 e. The first-order valence-corrected chi connectivity index (χ1v) is 13.1. The highest BCUT2D eigenvalue weighted by molar-refractivity contribution is 6.30. The van der Waals surface area contributed by atoms with Gasteiger partial charge in [0, 0.05) is 35.4 Å². The lowest BCUT2D eigenvalue weighted by Crippen LogP contribution is -2.51. The summed E-state index contributed by atoms with van der Waals surface area (Å²) in [5.74, 6) is -0.457. The third kappa shape index (κ3) is 7.95. The standard InChI is InChI=1S/C30H32ClNO7/c1-30(32-28(34)12-13-33)16-26(21-8-5-9-22(31)14-21)39-27(17-30)24-15-23(10-11-25(24)38-19-29(35)36)37-18-20-6-3-2-4-7-20/h2-11,14-15,26-27,33H,12-13,16-19H2,1H3,(H,32,34)(H,35,36)/t26-,27+,30+/m0/s1. The van der Waals surface area contributed by atoms with Crippen molar-refractivity contribution in [1.82, 2.24) is 5.32 Å². The Hall–Kier alpha value is -3.59. The topological polar surface area (TPSA) is 114 Å². The first kappa shape index (κ1) is 28.4. The highest BCUT2D eigenvalue weighted by atomic mass is 35.5. The number of carbonyl (C=O) groups is 2. The lowest BCUT2D eigenvalue weighted by atomic mass is 9.81. The van der Waals surface area contributed by atoms with E-state index < -0.39 is 30.3 Å². The van der Waals surface area contributed by atoms with E-state index in [0.29, 0.717) is 41.5 Å². The minimum Gasteiger partial charge on any atom is -0.489 e. The maximum atomic E-state index is 12.5. The molecule has 3 aromatic carbocycles. The first-order chi connectivity index (χ1) is 18.7. The molecule has 39 heavy (non-hydrogen) atoms. The zero-order valence-corrected chi connectivity index (χ0v) is 22.4. The molecule has 1 aliphatic heterocycles. The summed E-state index contributed by atoms with van der Waals surface area (Å²) >= 11 is 6.27. The molecule has 3 aromatic rings. The van der Waals surface area contributed by atoms with E-state index in [0.717, 1.165) is 11.1 Å². The molecule has 3 atom stereocenters. The molecule has 9 heteroatoms. The number of carbonyl (C=O) groups excluding carboxylic acids is 1. The number of ether oxygens (including phenoxy) is 3. The summed E-state index contributed by atoms with van der Waals surface area (Å²) in [7, 11) is 0. The lowest BCUT2D eigenvalue weighted by molar-refractivity contribution is -0.139. The van der Waals surface area contributed by atoms with E-state index in [2.05, 4.69) is 5.32 Å². The van der Waals surface area contributed by atoms with Crippen LogP contribution in [0.1, 0.15) is 55.1 Å². The third-order valence-corrected chi connectivity index (χ3v) is 6.76. The highest BCUT2D eigenvalue weighted by Crippen LogP contribution is 2.46. The molecule has 1 aliphatic rings. The second-order valence-electron chi connectivity index (χ2n) is 9.82. The zero-order chi connectivity index (χ0) is 27.8. The van der Waals surface area contributed by atoms with Crippen LogP contribution < -0.4 is 14.8 Å². The maximum absolute atomic E-state index is 12.5. The number of carboxylic acid groups (broad SMARTS) is 1. The second kappa shape index (κ2) is 13.0. The normalized spacial score (nSPS) is 20.7. The van der Waals surface area contributed by atoms with Gasteiger partial charge in [0.1, 0.15) is 18.1 Å². The van der Waals surface area contributed by atoms with Gasteiger partial charge in [0.15, 0.2) is 6.61 Å². The Morgan fingerprint density at radius 1 is 1.03 bits per heavy atom. The molecular weight excluding hydrogens is 522 g/mol. The summed E-state index contributed by atoms with van der Waals surface area (Å²) in [6.07, 6.45) is -0.170. The minimum absolute atomic E-state index is 0.0151. The Bertz CT molecular complexity index is 1290. The van der Waals surface area contributed by atoms with Gasteiger partial charge in [0.05, 0.1) is 18.8 Å². The van der Waals surface area contributed by atoms with Crippen molar-refractivity contribution in [2.24, 2.45) is 0 Å². The number of hydrogen-bond donors (Lipinski definition) is 3. The number of rotatable bonds is 11. The van der Waals surface area contributed by atoms with Gasteiger partial charge in [-0.05, 0) is 48.4 Å². The number of aliphatic hydroxyl groups excluding tert-OH is 1. The van der Waals surface area contributed by atoms with E-state index in [9.17, 15) is 19.8 Å². The van der Waals surface area contributed by atoms with Crippen molar-refractivity contribution in [2.45, 2.75) is 50.5 Å². The van der Waals surface area contributed by atoms with Crippen LogP contribution in [0.25, 0.3) is 0 Å². The molecule has 0 aromatic heterocycles. The molecule has 0 radical (unpaired) electrons. The van der Waals surface area contributed by atoms with Crippen LogP contribution in [0.4, 0.5) is 0 Å². The molecule has 1 fully saturated rings. The number of aliphatic hydroxyl groups is 1. The Labute approximate surface area is 232 Å². The van der Waals surface area contributed by atoms with E-state index >= 15 is 0 Å². The Kier molecular flexibility index (Phi) is 9.45. The van der Waals surface area contributed by atoms with Gasteiger partial charge in [0.2, 0.25) is 5.91 Å². The smallest absolute Gasteiger partial charge is 0.341 e. The number of aliphatic carboxylic acids is 1. The minimum atomic E-state index is -1.10. The molecule has 0 bridgehead atoms. The molecular formula is C30H32ClNO7. The number of hydrogen-bond acceptors (Lipinski definition) is 6. The van der Waals surface area contributed by atoms with E-state index in [1.807, 2.05) is 55.5 Å². The third-order valence-electron chi connectivity index (χ3n) is 6.53. The van der Waals surface area contributed by atoms with Crippen LogP contribution in [0.3, 0.4) is 0 Å². The zero-order valence-electron chi connectivity index (χ0n) is 21.6. The van der Waals surface area contributed by atoms with Gasteiger partial charge in [-0.1, -0.05) is 54.1 Å². The second-order valence-corrected chi connectivity index (χ2v) is 10.3. The summed E-state index contributed by atoms with van der Waals surface area (Å²) in [6, 6.07) is 22.3. The molecule has 0 saturated carbocycles. The summed E-state index contributed by atoms with van der Waals surface area (Å²) in [6.45, 7) is 1.50. The Morgan fingerprint density at radius 3 is 2.51 bits per heavy atom. The van der Waals surface area contributed by atoms with Gasteiger partial charge in [-0.3, -0.25) is 4.79 Å². The quantitative estimate of drug-likeness (QED) is 0.298. The van der Waals surface area contributed by atoms with Crippen LogP contribution in [-0.4, -0.2) is 40.8 Å². The molecule has 8 nitrogen and oxygen atoms in total. The number of halogens is 1.